The van der Waals surface area contributed by atoms with Crippen molar-refractivity contribution in [2.75, 3.05) is 31.6 Å². The van der Waals surface area contributed by atoms with Crippen LogP contribution < -0.4 is 5.32 Å². The summed E-state index contributed by atoms with van der Waals surface area (Å²) < 4.78 is 19.9. The first-order valence-corrected chi connectivity index (χ1v) is 12.2. The summed E-state index contributed by atoms with van der Waals surface area (Å²) in [7, 11) is 0. The Morgan fingerprint density at radius 3 is 2.97 bits per heavy atom. The van der Waals surface area contributed by atoms with E-state index in [0.717, 1.165) is 43.9 Å². The molecule has 0 radical (unpaired) electrons. The number of nitrogens with one attached hydrogen (secondary N) is 1. The number of allylic oxidation sites excluding steroid dienone is 1. The Balaban J connectivity index is 1.51. The summed E-state index contributed by atoms with van der Waals surface area (Å²) in [5.74, 6) is 6.55. The number of rotatable bonds is 6. The van der Waals surface area contributed by atoms with Gasteiger partial charge in [0.15, 0.2) is 11.6 Å². The highest BCUT2D eigenvalue weighted by Gasteiger charge is 2.38. The number of ketones is 1. The Kier molecular flexibility index (Phi) is 6.76. The van der Waals surface area contributed by atoms with Gasteiger partial charge in [-0.2, -0.15) is 0 Å². The molecule has 2 fully saturated rings. The predicted molar refractivity (Wildman–Crippen MR) is 139 cm³/mol. The average Bonchev–Trinajstić information content (AvgIpc) is 3.21. The molecule has 3 heterocycles. The molecule has 3 aromatic rings. The second-order valence-electron chi connectivity index (χ2n) is 9.54. The second-order valence-corrected chi connectivity index (χ2v) is 9.95. The van der Waals surface area contributed by atoms with Gasteiger partial charge in [0.1, 0.15) is 12.1 Å². The molecule has 2 aliphatic heterocycles. The van der Waals surface area contributed by atoms with E-state index >= 15 is 0 Å². The van der Waals surface area contributed by atoms with E-state index in [2.05, 4.69) is 45.5 Å². The summed E-state index contributed by atoms with van der Waals surface area (Å²) >= 11 is 5.94. The molecule has 0 spiro atoms. The second kappa shape index (κ2) is 9.98. The Morgan fingerprint density at radius 2 is 2.22 bits per heavy atom. The minimum atomic E-state index is -0.567. The highest BCUT2D eigenvalue weighted by Crippen LogP contribution is 2.33. The van der Waals surface area contributed by atoms with Crippen LogP contribution in [-0.4, -0.2) is 53.0 Å². The van der Waals surface area contributed by atoms with Gasteiger partial charge in [-0.15, -0.1) is 0 Å². The van der Waals surface area contributed by atoms with Crippen molar-refractivity contribution in [3.63, 3.8) is 0 Å². The maximum atomic E-state index is 14.5. The fraction of sp³-hybridized carbons (Fsp3) is 0.321. The SMILES string of the molecule is C=CC(=O)Cc1cc2c(Nc3cccc(Cl)c3F)ncnc2cc1C#C[C@]1(C)CCN(C2COC2)C1. The summed E-state index contributed by atoms with van der Waals surface area (Å²) in [4.78, 5) is 23.5. The highest BCUT2D eigenvalue weighted by atomic mass is 35.5. The molecule has 1 N–H and O–H groups in total. The molecule has 2 saturated heterocycles. The smallest absolute Gasteiger partial charge is 0.165 e. The van der Waals surface area contributed by atoms with E-state index in [9.17, 15) is 9.18 Å². The lowest BCUT2D eigenvalue weighted by Crippen LogP contribution is -2.48. The number of carbonyl (C=O) groups is 1. The van der Waals surface area contributed by atoms with Gasteiger partial charge in [-0.05, 0) is 49.2 Å². The maximum Gasteiger partial charge on any atom is 0.165 e. The van der Waals surface area contributed by atoms with Gasteiger partial charge in [0, 0.05) is 35.9 Å². The quantitative estimate of drug-likeness (QED) is 0.379. The van der Waals surface area contributed by atoms with Crippen molar-refractivity contribution in [1.82, 2.24) is 14.9 Å². The number of benzene rings is 2. The van der Waals surface area contributed by atoms with Gasteiger partial charge >= 0.3 is 0 Å². The first-order chi connectivity index (χ1) is 17.3. The molecule has 5 rings (SSSR count). The number of ether oxygens (including phenoxy) is 1. The van der Waals surface area contributed by atoms with Crippen LogP contribution in [0.3, 0.4) is 0 Å². The van der Waals surface area contributed by atoms with Crippen molar-refractivity contribution in [2.45, 2.75) is 25.8 Å². The van der Waals surface area contributed by atoms with Crippen LogP contribution in [0.2, 0.25) is 5.02 Å². The monoisotopic (exact) mass is 504 g/mol. The number of halogens is 2. The third-order valence-electron chi connectivity index (χ3n) is 6.80. The molecule has 184 valence electrons. The molecule has 0 bridgehead atoms. The van der Waals surface area contributed by atoms with E-state index in [-0.39, 0.29) is 28.3 Å². The van der Waals surface area contributed by atoms with Gasteiger partial charge in [0.2, 0.25) is 0 Å². The molecule has 6 nitrogen and oxygen atoms in total. The fourth-order valence-electron chi connectivity index (χ4n) is 4.56. The minimum absolute atomic E-state index is 0.0111. The van der Waals surface area contributed by atoms with Crippen molar-refractivity contribution in [3.8, 4) is 11.8 Å². The van der Waals surface area contributed by atoms with Crippen molar-refractivity contribution in [3.05, 3.63) is 71.3 Å². The van der Waals surface area contributed by atoms with Gasteiger partial charge in [-0.25, -0.2) is 14.4 Å². The summed E-state index contributed by atoms with van der Waals surface area (Å²) in [6.45, 7) is 9.26. The molecule has 2 aliphatic rings. The lowest BCUT2D eigenvalue weighted by atomic mass is 9.89. The van der Waals surface area contributed by atoms with Crippen LogP contribution in [0, 0.1) is 23.1 Å². The maximum absolute atomic E-state index is 14.5. The van der Waals surface area contributed by atoms with Crippen molar-refractivity contribution in [2.24, 2.45) is 5.41 Å². The van der Waals surface area contributed by atoms with Crippen molar-refractivity contribution >= 4 is 39.8 Å². The summed E-state index contributed by atoms with van der Waals surface area (Å²) in [5, 5.41) is 3.67. The number of aromatic nitrogens is 2. The van der Waals surface area contributed by atoms with E-state index in [4.69, 9.17) is 16.3 Å². The van der Waals surface area contributed by atoms with E-state index < -0.39 is 5.82 Å². The van der Waals surface area contributed by atoms with Crippen LogP contribution in [0.15, 0.2) is 49.3 Å². The predicted octanol–water partition coefficient (Wildman–Crippen LogP) is 4.93. The molecule has 36 heavy (non-hydrogen) atoms. The number of hydrogen-bond donors (Lipinski definition) is 1. The summed E-state index contributed by atoms with van der Waals surface area (Å²) in [6, 6.07) is 8.92. The van der Waals surface area contributed by atoms with Gasteiger partial charge < -0.3 is 10.1 Å². The zero-order valence-corrected chi connectivity index (χ0v) is 20.7. The largest absolute Gasteiger partial charge is 0.378 e. The molecule has 0 aliphatic carbocycles. The van der Waals surface area contributed by atoms with Gasteiger partial charge in [-0.1, -0.05) is 36.1 Å². The fourth-order valence-corrected chi connectivity index (χ4v) is 4.74. The number of nitrogens with zero attached hydrogens (tertiary/aromatic N) is 3. The number of fused-ring (bicyclic) bond motifs is 1. The molecular weight excluding hydrogens is 479 g/mol. The summed E-state index contributed by atoms with van der Waals surface area (Å²) in [5.41, 5.74) is 2.18. The molecular formula is C28H26ClFN4O2. The molecule has 8 heteroatoms. The molecule has 0 amide bonds. The average molecular weight is 505 g/mol. The Labute approximate surface area is 214 Å². The lowest BCUT2D eigenvalue weighted by molar-refractivity contribution is -0.114. The number of anilines is 2. The molecule has 2 aromatic carbocycles. The molecule has 1 atom stereocenters. The van der Waals surface area contributed by atoms with Crippen molar-refractivity contribution < 1.29 is 13.9 Å². The lowest BCUT2D eigenvalue weighted by Gasteiger charge is -2.35. The Hall–Kier alpha value is -3.31. The Morgan fingerprint density at radius 1 is 1.39 bits per heavy atom. The van der Waals surface area contributed by atoms with Gasteiger partial charge in [0.25, 0.3) is 0 Å². The van der Waals surface area contributed by atoms with Gasteiger partial charge in [-0.3, -0.25) is 9.69 Å². The number of carbonyl (C=O) groups excluding carboxylic acids is 1. The van der Waals surface area contributed by atoms with E-state index in [0.29, 0.717) is 22.8 Å². The molecule has 0 saturated carbocycles. The van der Waals surface area contributed by atoms with E-state index in [1.54, 1.807) is 12.1 Å². The first-order valence-electron chi connectivity index (χ1n) is 11.8. The van der Waals surface area contributed by atoms with Gasteiger partial charge in [0.05, 0.1) is 35.5 Å². The third-order valence-corrected chi connectivity index (χ3v) is 7.09. The number of likely N-dealkylation sites (tertiary alicyclic amines) is 1. The zero-order chi connectivity index (χ0) is 25.3. The zero-order valence-electron chi connectivity index (χ0n) is 20.0. The third kappa shape index (κ3) is 4.98. The topological polar surface area (TPSA) is 67.4 Å². The van der Waals surface area contributed by atoms with Crippen LogP contribution in [0.1, 0.15) is 24.5 Å². The van der Waals surface area contributed by atoms with Crippen LogP contribution in [0.4, 0.5) is 15.9 Å². The normalized spacial score (nSPS) is 20.0. The van der Waals surface area contributed by atoms with E-state index in [1.165, 1.54) is 18.5 Å². The van der Waals surface area contributed by atoms with Crippen LogP contribution >= 0.6 is 11.6 Å². The van der Waals surface area contributed by atoms with E-state index in [1.807, 2.05) is 12.1 Å². The molecule has 1 aromatic heterocycles. The first kappa shape index (κ1) is 24.4. The van der Waals surface area contributed by atoms with Crippen molar-refractivity contribution in [1.29, 1.82) is 0 Å². The Bertz CT molecular complexity index is 1410. The standard InChI is InChI=1S/C28H26ClFN4O2/c1-3-21(35)11-19-12-22-25(31-17-32-27(22)33-24-6-4-5-23(29)26(24)30)13-18(19)7-8-28(2)9-10-34(16-28)20-14-36-15-20/h3-6,12-13,17,20H,1,9-11,14-16H2,2H3,(H,31,32,33)/t28-/m1/s1. The molecule has 0 unspecified atom stereocenters. The number of hydrogen-bond acceptors (Lipinski definition) is 6. The highest BCUT2D eigenvalue weighted by molar-refractivity contribution is 6.31. The van der Waals surface area contributed by atoms with Crippen LogP contribution in [0.25, 0.3) is 10.9 Å². The minimum Gasteiger partial charge on any atom is -0.378 e. The summed E-state index contributed by atoms with van der Waals surface area (Å²) in [6.07, 6.45) is 3.84. The van der Waals surface area contributed by atoms with Crippen LogP contribution in [0.5, 0.6) is 0 Å². The van der Waals surface area contributed by atoms with Crippen LogP contribution in [-0.2, 0) is 16.0 Å².